The third-order valence-electron chi connectivity index (χ3n) is 6.16. The molecule has 180 valence electrons. The summed E-state index contributed by atoms with van der Waals surface area (Å²) >= 11 is 1.63. The van der Waals surface area contributed by atoms with Gasteiger partial charge in [0.25, 0.3) is 0 Å². The molecule has 0 N–H and O–H groups in total. The van der Waals surface area contributed by atoms with Gasteiger partial charge in [-0.1, -0.05) is 25.7 Å². The second-order valence-corrected chi connectivity index (χ2v) is 9.16. The van der Waals surface area contributed by atoms with Gasteiger partial charge in [0.1, 0.15) is 16.5 Å². The Balaban J connectivity index is 1.69. The molecule has 5 nitrogen and oxygen atoms in total. The number of rotatable bonds is 4. The molecule has 0 aliphatic carbocycles. The molecule has 0 saturated carbocycles. The van der Waals surface area contributed by atoms with Crippen LogP contribution in [-0.4, -0.2) is 28.3 Å². The number of nitrogens with zero attached hydrogens (tertiary/aromatic N) is 3. The van der Waals surface area contributed by atoms with Crippen molar-refractivity contribution >= 4 is 33.1 Å². The van der Waals surface area contributed by atoms with Gasteiger partial charge in [-0.25, -0.2) is 4.98 Å². The molecule has 0 saturated heterocycles. The molecule has 0 unspecified atom stereocenters. The molecule has 36 heavy (non-hydrogen) atoms. The zero-order valence-corrected chi connectivity index (χ0v) is 21.9. The molecule has 3 heterocycles. The average Bonchev–Trinajstić information content (AvgIpc) is 3.59. The quantitative estimate of drug-likeness (QED) is 0.250. The summed E-state index contributed by atoms with van der Waals surface area (Å²) in [5.74, 6) is 8.00. The van der Waals surface area contributed by atoms with Gasteiger partial charge in [-0.15, -0.1) is 11.3 Å². The van der Waals surface area contributed by atoms with Crippen molar-refractivity contribution in [3.05, 3.63) is 53.7 Å². The maximum Gasteiger partial charge on any atom is 0.126 e. The number of methoxy groups -OCH3 is 2. The van der Waals surface area contributed by atoms with Crippen molar-refractivity contribution in [2.45, 2.75) is 33.6 Å². The van der Waals surface area contributed by atoms with Gasteiger partial charge in [0.05, 0.1) is 30.9 Å². The predicted molar refractivity (Wildman–Crippen MR) is 149 cm³/mol. The van der Waals surface area contributed by atoms with E-state index in [0.29, 0.717) is 0 Å². The Morgan fingerprint density at radius 3 is 2.36 bits per heavy atom. The minimum atomic E-state index is 0.786. The Morgan fingerprint density at radius 1 is 0.889 bits per heavy atom. The Morgan fingerprint density at radius 2 is 1.61 bits per heavy atom. The van der Waals surface area contributed by atoms with Crippen LogP contribution in [0.1, 0.15) is 32.4 Å². The molecule has 0 atom stereocenters. The van der Waals surface area contributed by atoms with Crippen LogP contribution < -0.4 is 9.47 Å². The fourth-order valence-electron chi connectivity index (χ4n) is 4.42. The highest BCUT2D eigenvalue weighted by molar-refractivity contribution is 7.13. The summed E-state index contributed by atoms with van der Waals surface area (Å²) < 4.78 is 15.0. The molecular formula is C30H27N3O2S. The van der Waals surface area contributed by atoms with E-state index in [1.165, 1.54) is 0 Å². The maximum atomic E-state index is 5.53. The van der Waals surface area contributed by atoms with Crippen molar-refractivity contribution in [1.82, 2.24) is 14.1 Å². The normalized spacial score (nSPS) is 10.7. The first-order valence-electron chi connectivity index (χ1n) is 11.9. The van der Waals surface area contributed by atoms with Crippen LogP contribution in [0.2, 0.25) is 0 Å². The summed E-state index contributed by atoms with van der Waals surface area (Å²) in [5, 5.41) is 5.24. The number of fused-ring (bicyclic) bond motifs is 2. The summed E-state index contributed by atoms with van der Waals surface area (Å²) in [6.45, 7) is 6.21. The van der Waals surface area contributed by atoms with Gasteiger partial charge in [0, 0.05) is 70.2 Å². The molecule has 0 aliphatic rings. The van der Waals surface area contributed by atoms with E-state index in [-0.39, 0.29) is 0 Å². The van der Waals surface area contributed by atoms with Crippen molar-refractivity contribution in [3.63, 3.8) is 0 Å². The van der Waals surface area contributed by atoms with E-state index >= 15 is 0 Å². The largest absolute Gasteiger partial charge is 0.497 e. The lowest BCUT2D eigenvalue weighted by molar-refractivity contribution is 0.415. The number of ether oxygens (including phenoxy) is 2. The average molecular weight is 494 g/mol. The van der Waals surface area contributed by atoms with Crippen LogP contribution in [0.15, 0.2) is 48.0 Å². The second kappa shape index (κ2) is 9.85. The molecule has 5 aromatic rings. The van der Waals surface area contributed by atoms with Crippen LogP contribution >= 0.6 is 11.3 Å². The molecule has 0 spiro atoms. The van der Waals surface area contributed by atoms with E-state index in [2.05, 4.69) is 72.1 Å². The summed E-state index contributed by atoms with van der Waals surface area (Å²) in [7, 11) is 3.37. The summed E-state index contributed by atoms with van der Waals surface area (Å²) in [6.07, 6.45) is 3.65. The number of benzene rings is 2. The highest BCUT2D eigenvalue weighted by Gasteiger charge is 2.20. The standard InChI is InChI=1S/C30H27N3O2S/c1-6-8-14-32-18-25(23-12-10-22(35-5)17-28(23)32)30-31-26(19-36-30)29-20(3)33(15-9-7-2)27-13-11-21(34-4)16-24(27)29/h10-13,16-19H,6-7H2,1-5H3. The topological polar surface area (TPSA) is 41.2 Å². The summed E-state index contributed by atoms with van der Waals surface area (Å²) in [5.41, 5.74) is 6.19. The lowest BCUT2D eigenvalue weighted by atomic mass is 10.1. The zero-order valence-electron chi connectivity index (χ0n) is 21.1. The maximum absolute atomic E-state index is 5.53. The predicted octanol–water partition coefficient (Wildman–Crippen LogP) is 7.15. The number of aromatic nitrogens is 3. The van der Waals surface area contributed by atoms with Crippen molar-refractivity contribution in [3.8, 4) is 57.3 Å². The minimum absolute atomic E-state index is 0.786. The fraction of sp³-hybridized carbons (Fsp3) is 0.233. The van der Waals surface area contributed by atoms with Crippen molar-refractivity contribution in [1.29, 1.82) is 0 Å². The van der Waals surface area contributed by atoms with Crippen molar-refractivity contribution < 1.29 is 9.47 Å². The van der Waals surface area contributed by atoms with Gasteiger partial charge in [-0.05, 0) is 37.3 Å². The molecule has 6 heteroatoms. The third-order valence-corrected chi connectivity index (χ3v) is 7.03. The third kappa shape index (κ3) is 4.00. The lowest BCUT2D eigenvalue weighted by Gasteiger charge is -2.01. The van der Waals surface area contributed by atoms with Crippen LogP contribution in [0.5, 0.6) is 11.5 Å². The van der Waals surface area contributed by atoms with Gasteiger partial charge in [-0.3, -0.25) is 9.13 Å². The first kappa shape index (κ1) is 23.6. The zero-order chi connectivity index (χ0) is 25.2. The highest BCUT2D eigenvalue weighted by atomic mass is 32.1. The van der Waals surface area contributed by atoms with Crippen LogP contribution in [0.4, 0.5) is 0 Å². The Bertz CT molecular complexity index is 1710. The second-order valence-electron chi connectivity index (χ2n) is 8.30. The van der Waals surface area contributed by atoms with Gasteiger partial charge < -0.3 is 9.47 Å². The fourth-order valence-corrected chi connectivity index (χ4v) is 5.26. The molecule has 0 fully saturated rings. The van der Waals surface area contributed by atoms with Crippen LogP contribution in [0.25, 0.3) is 43.6 Å². The van der Waals surface area contributed by atoms with Crippen molar-refractivity contribution in [2.75, 3.05) is 14.2 Å². The lowest BCUT2D eigenvalue weighted by Crippen LogP contribution is -1.92. The first-order valence-corrected chi connectivity index (χ1v) is 12.8. The van der Waals surface area contributed by atoms with E-state index in [1.54, 1.807) is 25.6 Å². The van der Waals surface area contributed by atoms with Crippen molar-refractivity contribution in [2.24, 2.45) is 0 Å². The van der Waals surface area contributed by atoms with E-state index in [1.807, 2.05) is 29.7 Å². The number of thiazole rings is 1. The molecule has 2 aromatic carbocycles. The Hall–Kier alpha value is -4.13. The van der Waals surface area contributed by atoms with Crippen LogP contribution in [0, 0.1) is 30.9 Å². The molecule has 5 rings (SSSR count). The van der Waals surface area contributed by atoms with E-state index < -0.39 is 0 Å². The van der Waals surface area contributed by atoms with Gasteiger partial charge in [0.15, 0.2) is 0 Å². The van der Waals surface area contributed by atoms with E-state index in [0.717, 1.165) is 73.7 Å². The molecule has 3 aromatic heterocycles. The van der Waals surface area contributed by atoms with E-state index in [9.17, 15) is 0 Å². The Kier molecular flexibility index (Phi) is 6.46. The van der Waals surface area contributed by atoms with Gasteiger partial charge in [0.2, 0.25) is 0 Å². The minimum Gasteiger partial charge on any atom is -0.497 e. The molecule has 0 radical (unpaired) electrons. The highest BCUT2D eigenvalue weighted by Crippen LogP contribution is 2.40. The number of hydrogen-bond donors (Lipinski definition) is 0. The van der Waals surface area contributed by atoms with Crippen LogP contribution in [0.3, 0.4) is 0 Å². The van der Waals surface area contributed by atoms with Gasteiger partial charge in [-0.2, -0.15) is 0 Å². The number of hydrogen-bond acceptors (Lipinski definition) is 4. The molecule has 0 aliphatic heterocycles. The van der Waals surface area contributed by atoms with E-state index in [4.69, 9.17) is 14.5 Å². The summed E-state index contributed by atoms with van der Waals surface area (Å²) in [4.78, 5) is 5.12. The monoisotopic (exact) mass is 493 g/mol. The molecule has 0 amide bonds. The first-order chi connectivity index (χ1) is 17.6. The van der Waals surface area contributed by atoms with Gasteiger partial charge >= 0.3 is 0 Å². The summed E-state index contributed by atoms with van der Waals surface area (Å²) in [6, 6.07) is 18.7. The smallest absolute Gasteiger partial charge is 0.126 e. The SMILES string of the molecule is CCC#Cn1cc(-c2nc(-c3c(C)n(C#CCC)c4ccc(OC)cc34)cs2)c2ccc(OC)cc21. The van der Waals surface area contributed by atoms with Crippen LogP contribution in [-0.2, 0) is 0 Å². The Labute approximate surface area is 215 Å². The molecule has 0 bridgehead atoms. The molecular weight excluding hydrogens is 466 g/mol.